The molecule has 6 heteroatoms. The number of methoxy groups -OCH3 is 1. The van der Waals surface area contributed by atoms with Crippen molar-refractivity contribution in [2.24, 2.45) is 0 Å². The number of hydrogen-bond donors (Lipinski definition) is 1. The molecule has 2 aromatic carbocycles. The van der Waals surface area contributed by atoms with Crippen molar-refractivity contribution in [3.05, 3.63) is 64.4 Å². The fourth-order valence-electron chi connectivity index (χ4n) is 3.47. The fraction of sp³-hybridized carbons (Fsp3) is 0.381. The van der Waals surface area contributed by atoms with Crippen molar-refractivity contribution in [1.82, 2.24) is 10.2 Å². The lowest BCUT2D eigenvalue weighted by Crippen LogP contribution is -2.40. The SMILES string of the molecule is COc1ccc(C(CNC(=O)c2ccc(F)cc2Cl)N2CCCCC2)cc1. The first-order chi connectivity index (χ1) is 13.1. The summed E-state index contributed by atoms with van der Waals surface area (Å²) in [5, 5.41) is 3.08. The fourth-order valence-corrected chi connectivity index (χ4v) is 3.73. The van der Waals surface area contributed by atoms with Crippen LogP contribution in [0.4, 0.5) is 4.39 Å². The van der Waals surface area contributed by atoms with Crippen LogP contribution in [0, 0.1) is 5.82 Å². The summed E-state index contributed by atoms with van der Waals surface area (Å²) in [7, 11) is 1.64. The number of nitrogens with zero attached hydrogens (tertiary/aromatic N) is 1. The zero-order chi connectivity index (χ0) is 19.2. The number of ether oxygens (including phenoxy) is 1. The first-order valence-corrected chi connectivity index (χ1v) is 9.57. The molecular weight excluding hydrogens is 367 g/mol. The minimum Gasteiger partial charge on any atom is -0.497 e. The minimum atomic E-state index is -0.457. The lowest BCUT2D eigenvalue weighted by Gasteiger charge is -2.35. The molecule has 1 aliphatic rings. The number of nitrogens with one attached hydrogen (secondary N) is 1. The van der Waals surface area contributed by atoms with Gasteiger partial charge in [0.1, 0.15) is 11.6 Å². The molecule has 1 atom stereocenters. The molecule has 144 valence electrons. The van der Waals surface area contributed by atoms with Gasteiger partial charge in [0.15, 0.2) is 0 Å². The van der Waals surface area contributed by atoms with E-state index in [2.05, 4.69) is 10.2 Å². The standard InChI is InChI=1S/C21H24ClFN2O2/c1-27-17-8-5-15(6-9-17)20(25-11-3-2-4-12-25)14-24-21(26)18-10-7-16(23)13-19(18)22/h5-10,13,20H,2-4,11-12,14H2,1H3,(H,24,26). The molecule has 1 N–H and O–H groups in total. The third kappa shape index (κ3) is 4.99. The topological polar surface area (TPSA) is 41.6 Å². The van der Waals surface area contributed by atoms with E-state index in [0.29, 0.717) is 6.54 Å². The van der Waals surface area contributed by atoms with Gasteiger partial charge >= 0.3 is 0 Å². The highest BCUT2D eigenvalue weighted by Crippen LogP contribution is 2.26. The summed E-state index contributed by atoms with van der Waals surface area (Å²) in [4.78, 5) is 14.9. The van der Waals surface area contributed by atoms with Crippen LogP contribution >= 0.6 is 11.6 Å². The van der Waals surface area contributed by atoms with Gasteiger partial charge in [-0.05, 0) is 61.8 Å². The molecular formula is C21H24ClFN2O2. The second-order valence-electron chi connectivity index (χ2n) is 6.72. The predicted octanol–water partition coefficient (Wildman–Crippen LogP) is 4.44. The summed E-state index contributed by atoms with van der Waals surface area (Å²) >= 11 is 6.01. The van der Waals surface area contributed by atoms with Crippen LogP contribution in [0.15, 0.2) is 42.5 Å². The van der Waals surface area contributed by atoms with Crippen LogP contribution in [-0.4, -0.2) is 37.6 Å². The first-order valence-electron chi connectivity index (χ1n) is 9.19. The highest BCUT2D eigenvalue weighted by Gasteiger charge is 2.23. The van der Waals surface area contributed by atoms with Crippen LogP contribution in [0.3, 0.4) is 0 Å². The summed E-state index contributed by atoms with van der Waals surface area (Å²) in [6.07, 6.45) is 3.55. The number of hydrogen-bond acceptors (Lipinski definition) is 3. The maximum Gasteiger partial charge on any atom is 0.252 e. The van der Waals surface area contributed by atoms with Crippen LogP contribution in [-0.2, 0) is 0 Å². The Morgan fingerprint density at radius 1 is 1.19 bits per heavy atom. The van der Waals surface area contributed by atoms with E-state index in [0.717, 1.165) is 43.3 Å². The van der Waals surface area contributed by atoms with Gasteiger partial charge in [0.2, 0.25) is 0 Å². The van der Waals surface area contributed by atoms with Crippen molar-refractivity contribution in [1.29, 1.82) is 0 Å². The van der Waals surface area contributed by atoms with Gasteiger partial charge in [-0.15, -0.1) is 0 Å². The van der Waals surface area contributed by atoms with E-state index < -0.39 is 5.82 Å². The van der Waals surface area contributed by atoms with Gasteiger partial charge in [0.05, 0.1) is 23.7 Å². The molecule has 1 heterocycles. The second kappa shape index (κ2) is 9.20. The zero-order valence-corrected chi connectivity index (χ0v) is 16.1. The number of rotatable bonds is 6. The van der Waals surface area contributed by atoms with Gasteiger partial charge in [-0.3, -0.25) is 9.69 Å². The predicted molar refractivity (Wildman–Crippen MR) is 105 cm³/mol. The van der Waals surface area contributed by atoms with Gasteiger partial charge in [0.25, 0.3) is 5.91 Å². The lowest BCUT2D eigenvalue weighted by atomic mass is 10.0. The summed E-state index contributed by atoms with van der Waals surface area (Å²) < 4.78 is 18.5. The van der Waals surface area contributed by atoms with Crippen LogP contribution in [0.1, 0.15) is 41.2 Å². The molecule has 2 aromatic rings. The van der Waals surface area contributed by atoms with E-state index in [1.807, 2.05) is 24.3 Å². The van der Waals surface area contributed by atoms with Gasteiger partial charge in [-0.2, -0.15) is 0 Å². The van der Waals surface area contributed by atoms with E-state index in [1.54, 1.807) is 7.11 Å². The highest BCUT2D eigenvalue weighted by molar-refractivity contribution is 6.33. The number of halogens is 2. The first kappa shape index (κ1) is 19.6. The Labute approximate surface area is 164 Å². The van der Waals surface area contributed by atoms with Gasteiger partial charge < -0.3 is 10.1 Å². The minimum absolute atomic E-state index is 0.0689. The average molecular weight is 391 g/mol. The van der Waals surface area contributed by atoms with Gasteiger partial charge in [-0.1, -0.05) is 30.2 Å². The Balaban J connectivity index is 1.75. The normalized spacial score (nSPS) is 16.0. The Morgan fingerprint density at radius 3 is 2.52 bits per heavy atom. The molecule has 0 aliphatic carbocycles. The van der Waals surface area contributed by atoms with E-state index in [4.69, 9.17) is 16.3 Å². The molecule has 27 heavy (non-hydrogen) atoms. The number of carbonyl (C=O) groups excluding carboxylic acids is 1. The number of likely N-dealkylation sites (tertiary alicyclic amines) is 1. The highest BCUT2D eigenvalue weighted by atomic mass is 35.5. The second-order valence-corrected chi connectivity index (χ2v) is 7.13. The molecule has 1 unspecified atom stereocenters. The van der Waals surface area contributed by atoms with Gasteiger partial charge in [0, 0.05) is 6.54 Å². The Morgan fingerprint density at radius 2 is 1.89 bits per heavy atom. The monoisotopic (exact) mass is 390 g/mol. The van der Waals surface area contributed by atoms with E-state index in [9.17, 15) is 9.18 Å². The molecule has 1 saturated heterocycles. The summed E-state index contributed by atoms with van der Waals surface area (Å²) in [5.41, 5.74) is 1.41. The quantitative estimate of drug-likeness (QED) is 0.792. The van der Waals surface area contributed by atoms with Crippen LogP contribution in [0.2, 0.25) is 5.02 Å². The van der Waals surface area contributed by atoms with Crippen LogP contribution in [0.5, 0.6) is 5.75 Å². The number of benzene rings is 2. The van der Waals surface area contributed by atoms with Crippen molar-refractivity contribution < 1.29 is 13.9 Å². The van der Waals surface area contributed by atoms with E-state index >= 15 is 0 Å². The van der Waals surface area contributed by atoms with Gasteiger partial charge in [-0.25, -0.2) is 4.39 Å². The maximum atomic E-state index is 13.2. The van der Waals surface area contributed by atoms with Crippen LogP contribution < -0.4 is 10.1 Å². The molecule has 1 aliphatic heterocycles. The summed E-state index contributed by atoms with van der Waals surface area (Å²) in [5.74, 6) is 0.0507. The lowest BCUT2D eigenvalue weighted by molar-refractivity contribution is 0.0924. The Bertz CT molecular complexity index is 776. The van der Waals surface area contributed by atoms with Crippen molar-refractivity contribution >= 4 is 17.5 Å². The molecule has 0 bridgehead atoms. The summed E-state index contributed by atoms with van der Waals surface area (Å²) in [6.45, 7) is 2.46. The zero-order valence-electron chi connectivity index (χ0n) is 15.4. The van der Waals surface area contributed by atoms with Crippen molar-refractivity contribution in [3.63, 3.8) is 0 Å². The number of carbonyl (C=O) groups is 1. The van der Waals surface area contributed by atoms with Crippen molar-refractivity contribution in [2.45, 2.75) is 25.3 Å². The smallest absolute Gasteiger partial charge is 0.252 e. The Hall–Kier alpha value is -2.11. The van der Waals surface area contributed by atoms with Crippen molar-refractivity contribution in [3.8, 4) is 5.75 Å². The molecule has 0 saturated carbocycles. The van der Waals surface area contributed by atoms with E-state index in [-0.39, 0.29) is 22.5 Å². The van der Waals surface area contributed by atoms with Crippen molar-refractivity contribution in [2.75, 3.05) is 26.7 Å². The Kier molecular flexibility index (Phi) is 6.69. The average Bonchev–Trinajstić information content (AvgIpc) is 2.69. The molecule has 0 aromatic heterocycles. The summed E-state index contributed by atoms with van der Waals surface area (Å²) in [6, 6.07) is 11.8. The molecule has 1 amide bonds. The largest absolute Gasteiger partial charge is 0.497 e. The maximum absolute atomic E-state index is 13.2. The number of amides is 1. The molecule has 0 radical (unpaired) electrons. The third-order valence-corrected chi connectivity index (χ3v) is 5.28. The molecule has 3 rings (SSSR count). The third-order valence-electron chi connectivity index (χ3n) is 4.96. The molecule has 0 spiro atoms. The van der Waals surface area contributed by atoms with Crippen LogP contribution in [0.25, 0.3) is 0 Å². The number of piperidine rings is 1. The van der Waals surface area contributed by atoms with E-state index in [1.165, 1.54) is 18.6 Å². The molecule has 4 nitrogen and oxygen atoms in total. The molecule has 1 fully saturated rings.